The molecule has 2 nitrogen and oxygen atoms in total. The first kappa shape index (κ1) is 11.1. The van der Waals surface area contributed by atoms with Crippen LogP contribution in [0.3, 0.4) is 0 Å². The molecule has 0 bridgehead atoms. The molecule has 0 radical (unpaired) electrons. The van der Waals surface area contributed by atoms with Crippen molar-refractivity contribution in [2.24, 2.45) is 0 Å². The third-order valence-corrected chi connectivity index (χ3v) is 2.53. The molecule has 0 aliphatic heterocycles. The van der Waals surface area contributed by atoms with Gasteiger partial charge in [-0.1, -0.05) is 18.2 Å². The number of hydrogen-bond acceptors (Lipinski definition) is 2. The number of hydrogen-bond donors (Lipinski definition) is 1. The standard InChI is InChI=1S/C12H19NO/c1-10(13-2)8-9-11-6-4-5-7-12(11)14-3/h4-7,10,13H,8-9H2,1-3H3. The van der Waals surface area contributed by atoms with Gasteiger partial charge in [0, 0.05) is 6.04 Å². The third-order valence-electron chi connectivity index (χ3n) is 2.53. The second-order valence-corrected chi connectivity index (χ2v) is 3.54. The minimum absolute atomic E-state index is 0.555. The molecule has 0 aromatic heterocycles. The normalized spacial score (nSPS) is 12.5. The van der Waals surface area contributed by atoms with Gasteiger partial charge in [-0.15, -0.1) is 0 Å². The maximum absolute atomic E-state index is 5.29. The number of benzene rings is 1. The molecule has 1 unspecified atom stereocenters. The van der Waals surface area contributed by atoms with Crippen LogP contribution in [0.25, 0.3) is 0 Å². The van der Waals surface area contributed by atoms with Gasteiger partial charge in [0.15, 0.2) is 0 Å². The average Bonchev–Trinajstić information content (AvgIpc) is 2.26. The summed E-state index contributed by atoms with van der Waals surface area (Å²) in [7, 11) is 3.72. The highest BCUT2D eigenvalue weighted by Gasteiger charge is 2.03. The van der Waals surface area contributed by atoms with E-state index in [1.54, 1.807) is 7.11 Å². The molecule has 0 aliphatic rings. The molecule has 1 N–H and O–H groups in total. The summed E-state index contributed by atoms with van der Waals surface area (Å²) < 4.78 is 5.29. The summed E-state index contributed by atoms with van der Waals surface area (Å²) in [6, 6.07) is 8.76. The Bertz CT molecular complexity index is 273. The van der Waals surface area contributed by atoms with Crippen molar-refractivity contribution in [3.8, 4) is 5.75 Å². The van der Waals surface area contributed by atoms with Crippen LogP contribution in [-0.2, 0) is 6.42 Å². The SMILES string of the molecule is CNC(C)CCc1ccccc1OC. The highest BCUT2D eigenvalue weighted by Crippen LogP contribution is 2.19. The van der Waals surface area contributed by atoms with E-state index in [1.165, 1.54) is 5.56 Å². The molecule has 0 aliphatic carbocycles. The van der Waals surface area contributed by atoms with Gasteiger partial charge in [0.25, 0.3) is 0 Å². The fourth-order valence-corrected chi connectivity index (χ4v) is 1.43. The van der Waals surface area contributed by atoms with E-state index in [2.05, 4.69) is 24.4 Å². The summed E-state index contributed by atoms with van der Waals surface area (Å²) in [6.45, 7) is 2.19. The Balaban J connectivity index is 2.57. The summed E-state index contributed by atoms with van der Waals surface area (Å²) in [6.07, 6.45) is 2.20. The van der Waals surface area contributed by atoms with Crippen LogP contribution in [0.4, 0.5) is 0 Å². The molecule has 0 fully saturated rings. The first-order valence-corrected chi connectivity index (χ1v) is 5.07. The summed E-state index contributed by atoms with van der Waals surface area (Å²) in [5.74, 6) is 0.996. The lowest BCUT2D eigenvalue weighted by atomic mass is 10.1. The quantitative estimate of drug-likeness (QED) is 0.774. The molecule has 0 amide bonds. The van der Waals surface area contributed by atoms with E-state index in [-0.39, 0.29) is 0 Å². The van der Waals surface area contributed by atoms with E-state index < -0.39 is 0 Å². The van der Waals surface area contributed by atoms with E-state index in [1.807, 2.05) is 19.2 Å². The van der Waals surface area contributed by atoms with E-state index in [0.29, 0.717) is 6.04 Å². The predicted octanol–water partition coefficient (Wildman–Crippen LogP) is 2.24. The van der Waals surface area contributed by atoms with Gasteiger partial charge in [0.05, 0.1) is 7.11 Å². The molecule has 1 rings (SSSR count). The second-order valence-electron chi connectivity index (χ2n) is 3.54. The Kier molecular flexibility index (Phi) is 4.47. The topological polar surface area (TPSA) is 21.3 Å². The lowest BCUT2D eigenvalue weighted by molar-refractivity contribution is 0.408. The van der Waals surface area contributed by atoms with Gasteiger partial charge in [0.1, 0.15) is 5.75 Å². The zero-order chi connectivity index (χ0) is 10.4. The van der Waals surface area contributed by atoms with Crippen molar-refractivity contribution in [3.05, 3.63) is 29.8 Å². The van der Waals surface area contributed by atoms with Gasteiger partial charge in [-0.2, -0.15) is 0 Å². The first-order valence-electron chi connectivity index (χ1n) is 5.07. The van der Waals surface area contributed by atoms with Gasteiger partial charge >= 0.3 is 0 Å². The zero-order valence-electron chi connectivity index (χ0n) is 9.21. The molecular weight excluding hydrogens is 174 g/mol. The smallest absolute Gasteiger partial charge is 0.122 e. The van der Waals surface area contributed by atoms with Crippen molar-refractivity contribution < 1.29 is 4.74 Å². The summed E-state index contributed by atoms with van der Waals surface area (Å²) >= 11 is 0. The second kappa shape index (κ2) is 5.66. The number of ether oxygens (including phenoxy) is 1. The number of nitrogens with one attached hydrogen (secondary N) is 1. The largest absolute Gasteiger partial charge is 0.496 e. The maximum Gasteiger partial charge on any atom is 0.122 e. The maximum atomic E-state index is 5.29. The Hall–Kier alpha value is -1.02. The van der Waals surface area contributed by atoms with Crippen LogP contribution in [0.15, 0.2) is 24.3 Å². The fraction of sp³-hybridized carbons (Fsp3) is 0.500. The summed E-state index contributed by atoms with van der Waals surface area (Å²) in [5.41, 5.74) is 1.29. The molecular formula is C12H19NO. The molecule has 0 saturated carbocycles. The Morgan fingerprint density at radius 2 is 2.07 bits per heavy atom. The number of methoxy groups -OCH3 is 1. The van der Waals surface area contributed by atoms with Crippen molar-refractivity contribution in [1.29, 1.82) is 0 Å². The van der Waals surface area contributed by atoms with E-state index in [0.717, 1.165) is 18.6 Å². The van der Waals surface area contributed by atoms with Gasteiger partial charge in [-0.25, -0.2) is 0 Å². The molecule has 14 heavy (non-hydrogen) atoms. The minimum atomic E-state index is 0.555. The Labute approximate surface area is 86.3 Å². The Morgan fingerprint density at radius 3 is 2.71 bits per heavy atom. The van der Waals surface area contributed by atoms with E-state index in [9.17, 15) is 0 Å². The van der Waals surface area contributed by atoms with Crippen LogP contribution in [-0.4, -0.2) is 20.2 Å². The summed E-state index contributed by atoms with van der Waals surface area (Å²) in [4.78, 5) is 0. The van der Waals surface area contributed by atoms with Crippen LogP contribution in [0.5, 0.6) is 5.75 Å². The zero-order valence-corrected chi connectivity index (χ0v) is 9.21. The lowest BCUT2D eigenvalue weighted by Crippen LogP contribution is -2.21. The average molecular weight is 193 g/mol. The molecule has 1 aromatic carbocycles. The molecule has 0 saturated heterocycles. The van der Waals surface area contributed by atoms with E-state index in [4.69, 9.17) is 4.74 Å². The lowest BCUT2D eigenvalue weighted by Gasteiger charge is -2.11. The van der Waals surface area contributed by atoms with Crippen molar-refractivity contribution in [2.75, 3.05) is 14.2 Å². The first-order chi connectivity index (χ1) is 6.77. The fourth-order valence-electron chi connectivity index (χ4n) is 1.43. The molecule has 78 valence electrons. The highest BCUT2D eigenvalue weighted by atomic mass is 16.5. The minimum Gasteiger partial charge on any atom is -0.496 e. The predicted molar refractivity (Wildman–Crippen MR) is 59.8 cm³/mol. The molecule has 0 spiro atoms. The number of para-hydroxylation sites is 1. The van der Waals surface area contributed by atoms with Crippen LogP contribution >= 0.6 is 0 Å². The third kappa shape index (κ3) is 3.04. The van der Waals surface area contributed by atoms with Gasteiger partial charge < -0.3 is 10.1 Å². The Morgan fingerprint density at radius 1 is 1.36 bits per heavy atom. The van der Waals surface area contributed by atoms with Crippen molar-refractivity contribution >= 4 is 0 Å². The van der Waals surface area contributed by atoms with Crippen molar-refractivity contribution in [3.63, 3.8) is 0 Å². The highest BCUT2D eigenvalue weighted by molar-refractivity contribution is 5.33. The van der Waals surface area contributed by atoms with Crippen LogP contribution in [0.1, 0.15) is 18.9 Å². The molecule has 0 heterocycles. The van der Waals surface area contributed by atoms with Crippen LogP contribution in [0, 0.1) is 0 Å². The van der Waals surface area contributed by atoms with E-state index >= 15 is 0 Å². The van der Waals surface area contributed by atoms with Crippen LogP contribution in [0.2, 0.25) is 0 Å². The molecule has 2 heteroatoms. The van der Waals surface area contributed by atoms with Crippen molar-refractivity contribution in [1.82, 2.24) is 5.32 Å². The van der Waals surface area contributed by atoms with Crippen molar-refractivity contribution in [2.45, 2.75) is 25.8 Å². The number of aryl methyl sites for hydroxylation is 1. The number of rotatable bonds is 5. The van der Waals surface area contributed by atoms with Gasteiger partial charge in [0.2, 0.25) is 0 Å². The molecule has 1 aromatic rings. The monoisotopic (exact) mass is 193 g/mol. The van der Waals surface area contributed by atoms with Gasteiger partial charge in [-0.3, -0.25) is 0 Å². The van der Waals surface area contributed by atoms with Crippen LogP contribution < -0.4 is 10.1 Å². The molecule has 1 atom stereocenters. The summed E-state index contributed by atoms with van der Waals surface area (Å²) in [5, 5.41) is 3.23. The van der Waals surface area contributed by atoms with Gasteiger partial charge in [-0.05, 0) is 38.4 Å².